The van der Waals surface area contributed by atoms with Crippen LogP contribution in [-0.4, -0.2) is 18.5 Å². The zero-order valence-electron chi connectivity index (χ0n) is 12.8. The van der Waals surface area contributed by atoms with Gasteiger partial charge in [0.25, 0.3) is 0 Å². The van der Waals surface area contributed by atoms with E-state index < -0.39 is 0 Å². The Labute approximate surface area is 112 Å². The van der Waals surface area contributed by atoms with E-state index in [9.17, 15) is 4.79 Å². The third-order valence-electron chi connectivity index (χ3n) is 4.18. The largest absolute Gasteiger partial charge is 0.370 e. The lowest BCUT2D eigenvalue weighted by molar-refractivity contribution is -0.144. The average molecular weight is 254 g/mol. The predicted molar refractivity (Wildman–Crippen MR) is 75.6 cm³/mol. The first-order valence-electron chi connectivity index (χ1n) is 7.57. The summed E-state index contributed by atoms with van der Waals surface area (Å²) in [6.45, 7) is 11.1. The zero-order valence-corrected chi connectivity index (χ0v) is 12.8. The molecule has 0 N–H and O–H groups in total. The summed E-state index contributed by atoms with van der Waals surface area (Å²) in [5.74, 6) is 1.17. The van der Waals surface area contributed by atoms with Crippen LogP contribution < -0.4 is 0 Å². The van der Waals surface area contributed by atoms with Crippen molar-refractivity contribution in [3.63, 3.8) is 0 Å². The summed E-state index contributed by atoms with van der Waals surface area (Å²) in [5.41, 5.74) is -0.0944. The molecule has 3 atom stereocenters. The lowest BCUT2D eigenvalue weighted by Gasteiger charge is -2.36. The summed E-state index contributed by atoms with van der Waals surface area (Å²) in [4.78, 5) is 12.8. The normalized spacial score (nSPS) is 26.9. The molecule has 2 nitrogen and oxygen atoms in total. The van der Waals surface area contributed by atoms with Crippen molar-refractivity contribution in [2.75, 3.05) is 6.61 Å². The third-order valence-corrected chi connectivity index (χ3v) is 4.18. The first kappa shape index (κ1) is 15.7. The molecule has 1 fully saturated rings. The molecule has 0 aliphatic heterocycles. The molecule has 0 saturated heterocycles. The Balaban J connectivity index is 2.80. The number of hydrogen-bond donors (Lipinski definition) is 0. The van der Waals surface area contributed by atoms with E-state index in [0.717, 1.165) is 12.8 Å². The predicted octanol–water partition coefficient (Wildman–Crippen LogP) is 4.22. The van der Waals surface area contributed by atoms with Crippen molar-refractivity contribution < 1.29 is 9.53 Å². The van der Waals surface area contributed by atoms with E-state index in [1.807, 2.05) is 6.92 Å². The van der Waals surface area contributed by atoms with Gasteiger partial charge in [-0.3, -0.25) is 4.79 Å². The smallest absolute Gasteiger partial charge is 0.165 e. The second-order valence-corrected chi connectivity index (χ2v) is 6.66. The minimum Gasteiger partial charge on any atom is -0.370 e. The molecular formula is C16H30O2. The Morgan fingerprint density at radius 1 is 1.22 bits per heavy atom. The lowest BCUT2D eigenvalue weighted by atomic mass is 9.71. The fraction of sp³-hybridized carbons (Fsp3) is 0.938. The van der Waals surface area contributed by atoms with Crippen molar-refractivity contribution in [1.82, 2.24) is 0 Å². The maximum Gasteiger partial charge on any atom is 0.165 e. The van der Waals surface area contributed by atoms with Gasteiger partial charge in [0.05, 0.1) is 0 Å². The van der Waals surface area contributed by atoms with Crippen LogP contribution in [0.5, 0.6) is 0 Å². The molecule has 1 rings (SSSR count). The molecule has 1 aliphatic carbocycles. The van der Waals surface area contributed by atoms with Gasteiger partial charge in [0.1, 0.15) is 6.10 Å². The van der Waals surface area contributed by atoms with Crippen LogP contribution >= 0.6 is 0 Å². The van der Waals surface area contributed by atoms with Gasteiger partial charge in [-0.1, -0.05) is 47.0 Å². The van der Waals surface area contributed by atoms with E-state index in [4.69, 9.17) is 4.74 Å². The van der Waals surface area contributed by atoms with E-state index in [-0.39, 0.29) is 17.4 Å². The molecule has 2 heteroatoms. The van der Waals surface area contributed by atoms with Crippen LogP contribution in [0.2, 0.25) is 0 Å². The topological polar surface area (TPSA) is 26.3 Å². The van der Waals surface area contributed by atoms with Gasteiger partial charge in [0.2, 0.25) is 0 Å². The summed E-state index contributed by atoms with van der Waals surface area (Å²) >= 11 is 0. The minimum atomic E-state index is -0.236. The maximum atomic E-state index is 12.8. The zero-order chi connectivity index (χ0) is 13.8. The number of Topliss-reactive ketones (excluding diaryl/α,β-unsaturated/α-hetero) is 1. The monoisotopic (exact) mass is 254 g/mol. The number of hydrogen-bond acceptors (Lipinski definition) is 2. The average Bonchev–Trinajstić information content (AvgIpc) is 2.33. The lowest BCUT2D eigenvalue weighted by Crippen LogP contribution is -2.43. The Morgan fingerprint density at radius 2 is 1.83 bits per heavy atom. The molecule has 18 heavy (non-hydrogen) atoms. The Bertz CT molecular complexity index is 265. The number of rotatable bonds is 5. The van der Waals surface area contributed by atoms with Crippen molar-refractivity contribution in [1.29, 1.82) is 0 Å². The van der Waals surface area contributed by atoms with Gasteiger partial charge in [-0.2, -0.15) is 0 Å². The van der Waals surface area contributed by atoms with Crippen LogP contribution in [-0.2, 0) is 9.53 Å². The van der Waals surface area contributed by atoms with Gasteiger partial charge >= 0.3 is 0 Å². The second-order valence-electron chi connectivity index (χ2n) is 6.66. The van der Waals surface area contributed by atoms with Crippen LogP contribution in [0.1, 0.15) is 66.7 Å². The minimum absolute atomic E-state index is 0.0944. The molecule has 1 saturated carbocycles. The number of carbonyl (C=O) groups excluding carboxylic acids is 1. The summed E-state index contributed by atoms with van der Waals surface area (Å²) in [7, 11) is 0. The first-order valence-corrected chi connectivity index (χ1v) is 7.57. The number of ketones is 1. The summed E-state index contributed by atoms with van der Waals surface area (Å²) in [6, 6.07) is 0. The van der Waals surface area contributed by atoms with Crippen molar-refractivity contribution in [2.45, 2.75) is 72.8 Å². The second kappa shape index (κ2) is 6.70. The highest BCUT2D eigenvalue weighted by molar-refractivity contribution is 5.86. The molecule has 0 amide bonds. The van der Waals surface area contributed by atoms with Crippen LogP contribution in [0.3, 0.4) is 0 Å². The van der Waals surface area contributed by atoms with E-state index in [0.29, 0.717) is 18.3 Å². The highest BCUT2D eigenvalue weighted by Gasteiger charge is 2.39. The quantitative estimate of drug-likeness (QED) is 0.734. The number of carbonyl (C=O) groups is 1. The first-order chi connectivity index (χ1) is 8.41. The Morgan fingerprint density at radius 3 is 2.33 bits per heavy atom. The van der Waals surface area contributed by atoms with Crippen LogP contribution in [0.4, 0.5) is 0 Å². The van der Waals surface area contributed by atoms with E-state index in [1.165, 1.54) is 19.3 Å². The van der Waals surface area contributed by atoms with Crippen molar-refractivity contribution >= 4 is 5.78 Å². The molecule has 0 bridgehead atoms. The maximum absolute atomic E-state index is 12.8. The molecular weight excluding hydrogens is 224 g/mol. The molecule has 0 aromatic heterocycles. The van der Waals surface area contributed by atoms with Gasteiger partial charge in [0.15, 0.2) is 5.78 Å². The molecule has 0 spiro atoms. The van der Waals surface area contributed by atoms with Crippen LogP contribution in [0.15, 0.2) is 0 Å². The highest BCUT2D eigenvalue weighted by atomic mass is 16.5. The molecule has 0 radical (unpaired) electrons. The highest BCUT2D eigenvalue weighted by Crippen LogP contribution is 2.36. The Kier molecular flexibility index (Phi) is 5.84. The molecule has 0 aromatic carbocycles. The summed E-state index contributed by atoms with van der Waals surface area (Å²) in [5, 5.41) is 0. The van der Waals surface area contributed by atoms with Crippen LogP contribution in [0, 0.1) is 17.3 Å². The van der Waals surface area contributed by atoms with Gasteiger partial charge in [0, 0.05) is 12.5 Å². The summed E-state index contributed by atoms with van der Waals surface area (Å²) < 4.78 is 5.76. The SMILES string of the molecule is CCOC(C(=O)C1CCCCC1CC)C(C)(C)C. The van der Waals surface area contributed by atoms with E-state index in [2.05, 4.69) is 27.7 Å². The van der Waals surface area contributed by atoms with Gasteiger partial charge < -0.3 is 4.74 Å². The van der Waals surface area contributed by atoms with Crippen molar-refractivity contribution in [3.05, 3.63) is 0 Å². The third kappa shape index (κ3) is 3.81. The summed E-state index contributed by atoms with van der Waals surface area (Å²) in [6.07, 6.45) is 5.67. The number of ether oxygens (including phenoxy) is 1. The molecule has 106 valence electrons. The van der Waals surface area contributed by atoms with Crippen LogP contribution in [0.25, 0.3) is 0 Å². The standard InChI is InChI=1S/C16H30O2/c1-6-12-10-8-9-11-13(12)14(17)15(18-7-2)16(3,4)5/h12-13,15H,6-11H2,1-5H3. The van der Waals surface area contributed by atoms with Gasteiger partial charge in [-0.15, -0.1) is 0 Å². The fourth-order valence-electron chi connectivity index (χ4n) is 3.19. The molecule has 0 heterocycles. The van der Waals surface area contributed by atoms with Gasteiger partial charge in [-0.25, -0.2) is 0 Å². The van der Waals surface area contributed by atoms with E-state index in [1.54, 1.807) is 0 Å². The molecule has 3 unspecified atom stereocenters. The van der Waals surface area contributed by atoms with Crippen molar-refractivity contribution in [3.8, 4) is 0 Å². The molecule has 1 aliphatic rings. The molecule has 0 aromatic rings. The van der Waals surface area contributed by atoms with Gasteiger partial charge in [-0.05, 0) is 31.1 Å². The fourth-order valence-corrected chi connectivity index (χ4v) is 3.19. The van der Waals surface area contributed by atoms with Crippen molar-refractivity contribution in [2.24, 2.45) is 17.3 Å². The van der Waals surface area contributed by atoms with E-state index >= 15 is 0 Å². The Hall–Kier alpha value is -0.370.